The standard InChI is InChI=1S/C22H19F3N4O/c23-22(24,25)17-8-9-19(28-20(17)21(30)16-7-4-10-26-13-16)29-12-11-27-18(14-29)15-5-2-1-3-6-15/h1-10,13,18,27H,11-12,14H2. The number of pyridine rings is 2. The maximum absolute atomic E-state index is 13.6. The number of hydrogen-bond donors (Lipinski definition) is 1. The molecule has 1 fully saturated rings. The number of alkyl halides is 3. The number of ketones is 1. The van der Waals surface area contributed by atoms with Crippen LogP contribution in [0.15, 0.2) is 67.0 Å². The quantitative estimate of drug-likeness (QED) is 0.659. The van der Waals surface area contributed by atoms with E-state index in [9.17, 15) is 18.0 Å². The van der Waals surface area contributed by atoms with Gasteiger partial charge in [0.15, 0.2) is 0 Å². The number of aromatic nitrogens is 2. The largest absolute Gasteiger partial charge is 0.418 e. The number of carbonyl (C=O) groups is 1. The Morgan fingerprint density at radius 3 is 2.57 bits per heavy atom. The van der Waals surface area contributed by atoms with Crippen molar-refractivity contribution in [3.8, 4) is 0 Å². The van der Waals surface area contributed by atoms with Gasteiger partial charge in [-0.15, -0.1) is 0 Å². The predicted octanol–water partition coefficient (Wildman–Crippen LogP) is 3.88. The van der Waals surface area contributed by atoms with Crippen LogP contribution in [0.4, 0.5) is 19.0 Å². The minimum absolute atomic E-state index is 0.0153. The molecule has 0 aliphatic carbocycles. The zero-order chi connectivity index (χ0) is 21.1. The van der Waals surface area contributed by atoms with Crippen LogP contribution >= 0.6 is 0 Å². The molecule has 4 rings (SSSR count). The molecule has 1 N–H and O–H groups in total. The number of nitrogens with zero attached hydrogens (tertiary/aromatic N) is 3. The van der Waals surface area contributed by atoms with Crippen LogP contribution < -0.4 is 10.2 Å². The van der Waals surface area contributed by atoms with Crippen LogP contribution in [0, 0.1) is 0 Å². The van der Waals surface area contributed by atoms with Gasteiger partial charge in [-0.25, -0.2) is 4.98 Å². The van der Waals surface area contributed by atoms with Gasteiger partial charge in [0.25, 0.3) is 0 Å². The molecule has 5 nitrogen and oxygen atoms in total. The third-order valence-electron chi connectivity index (χ3n) is 5.03. The number of nitrogens with one attached hydrogen (secondary N) is 1. The summed E-state index contributed by atoms with van der Waals surface area (Å²) in [5.41, 5.74) is -0.506. The number of anilines is 1. The second kappa shape index (κ2) is 8.23. The Morgan fingerprint density at radius 2 is 1.87 bits per heavy atom. The van der Waals surface area contributed by atoms with Crippen molar-refractivity contribution in [1.29, 1.82) is 0 Å². The molecule has 1 aliphatic heterocycles. The lowest BCUT2D eigenvalue weighted by atomic mass is 10.0. The van der Waals surface area contributed by atoms with E-state index in [1.165, 1.54) is 30.6 Å². The maximum atomic E-state index is 13.6. The summed E-state index contributed by atoms with van der Waals surface area (Å²) in [7, 11) is 0. The van der Waals surface area contributed by atoms with E-state index in [-0.39, 0.29) is 11.6 Å². The van der Waals surface area contributed by atoms with E-state index in [1.807, 2.05) is 35.2 Å². The molecule has 8 heteroatoms. The van der Waals surface area contributed by atoms with E-state index < -0.39 is 23.2 Å². The van der Waals surface area contributed by atoms with Gasteiger partial charge in [0, 0.05) is 43.6 Å². The first-order valence-electron chi connectivity index (χ1n) is 9.50. The Bertz CT molecular complexity index is 1030. The summed E-state index contributed by atoms with van der Waals surface area (Å²) < 4.78 is 40.7. The Labute approximate surface area is 171 Å². The fourth-order valence-electron chi connectivity index (χ4n) is 3.53. The lowest BCUT2D eigenvalue weighted by molar-refractivity contribution is -0.138. The number of carbonyl (C=O) groups excluding carboxylic acids is 1. The van der Waals surface area contributed by atoms with Crippen molar-refractivity contribution in [2.24, 2.45) is 0 Å². The van der Waals surface area contributed by atoms with Gasteiger partial charge in [0.05, 0.1) is 5.56 Å². The fourth-order valence-corrected chi connectivity index (χ4v) is 3.53. The van der Waals surface area contributed by atoms with E-state index in [2.05, 4.69) is 15.3 Å². The Morgan fingerprint density at radius 1 is 1.07 bits per heavy atom. The molecule has 1 atom stereocenters. The van der Waals surface area contributed by atoms with Crippen molar-refractivity contribution in [3.05, 3.63) is 89.4 Å². The summed E-state index contributed by atoms with van der Waals surface area (Å²) >= 11 is 0. The van der Waals surface area contributed by atoms with Crippen molar-refractivity contribution >= 4 is 11.6 Å². The number of hydrogen-bond acceptors (Lipinski definition) is 5. The van der Waals surface area contributed by atoms with Gasteiger partial charge >= 0.3 is 6.18 Å². The van der Waals surface area contributed by atoms with Crippen molar-refractivity contribution in [3.63, 3.8) is 0 Å². The normalized spacial score (nSPS) is 17.0. The number of rotatable bonds is 4. The Kier molecular flexibility index (Phi) is 5.50. The van der Waals surface area contributed by atoms with Gasteiger partial charge in [-0.3, -0.25) is 9.78 Å². The van der Waals surface area contributed by atoms with Gasteiger partial charge in [-0.2, -0.15) is 13.2 Å². The highest BCUT2D eigenvalue weighted by Crippen LogP contribution is 2.34. The topological polar surface area (TPSA) is 58.1 Å². The van der Waals surface area contributed by atoms with E-state index in [1.54, 1.807) is 0 Å². The average molecular weight is 412 g/mol. The third-order valence-corrected chi connectivity index (χ3v) is 5.03. The third kappa shape index (κ3) is 4.18. The molecule has 0 bridgehead atoms. The molecule has 3 aromatic rings. The second-order valence-electron chi connectivity index (χ2n) is 7.00. The smallest absolute Gasteiger partial charge is 0.353 e. The SMILES string of the molecule is O=C(c1cccnc1)c1nc(N2CCNC(c3ccccc3)C2)ccc1C(F)(F)F. The maximum Gasteiger partial charge on any atom is 0.418 e. The molecule has 1 aliphatic rings. The zero-order valence-corrected chi connectivity index (χ0v) is 15.9. The molecule has 1 saturated heterocycles. The molecule has 30 heavy (non-hydrogen) atoms. The highest BCUT2D eigenvalue weighted by atomic mass is 19.4. The van der Waals surface area contributed by atoms with Crippen molar-refractivity contribution in [1.82, 2.24) is 15.3 Å². The molecule has 0 spiro atoms. The minimum atomic E-state index is -4.69. The molecule has 2 aromatic heterocycles. The van der Waals surface area contributed by atoms with Crippen LogP contribution in [-0.4, -0.2) is 35.4 Å². The zero-order valence-electron chi connectivity index (χ0n) is 15.9. The van der Waals surface area contributed by atoms with Gasteiger partial charge in [-0.1, -0.05) is 30.3 Å². The summed E-state index contributed by atoms with van der Waals surface area (Å²) in [5.74, 6) is -0.454. The van der Waals surface area contributed by atoms with Gasteiger partial charge in [-0.05, 0) is 29.8 Å². The van der Waals surface area contributed by atoms with Crippen LogP contribution in [0.3, 0.4) is 0 Å². The lowest BCUT2D eigenvalue weighted by Crippen LogP contribution is -2.46. The summed E-state index contributed by atoms with van der Waals surface area (Å²) in [5, 5.41) is 3.41. The van der Waals surface area contributed by atoms with Gasteiger partial charge in [0.1, 0.15) is 11.5 Å². The van der Waals surface area contributed by atoms with Crippen molar-refractivity contribution in [2.75, 3.05) is 24.5 Å². The molecule has 3 heterocycles. The van der Waals surface area contributed by atoms with Gasteiger partial charge in [0.2, 0.25) is 5.78 Å². The van der Waals surface area contributed by atoms with Crippen LogP contribution in [0.1, 0.15) is 33.2 Å². The highest BCUT2D eigenvalue weighted by Gasteiger charge is 2.37. The average Bonchev–Trinajstić information content (AvgIpc) is 2.79. The minimum Gasteiger partial charge on any atom is -0.353 e. The number of piperazine rings is 1. The van der Waals surface area contributed by atoms with E-state index >= 15 is 0 Å². The summed E-state index contributed by atoms with van der Waals surface area (Å²) in [4.78, 5) is 22.7. The molecule has 0 saturated carbocycles. The molecular weight excluding hydrogens is 393 g/mol. The molecule has 0 radical (unpaired) electrons. The monoisotopic (exact) mass is 412 g/mol. The van der Waals surface area contributed by atoms with Crippen molar-refractivity contribution < 1.29 is 18.0 Å². The molecule has 0 amide bonds. The summed E-state index contributed by atoms with van der Waals surface area (Å²) in [6.07, 6.45) is -1.99. The molecule has 1 aromatic carbocycles. The molecule has 154 valence electrons. The highest BCUT2D eigenvalue weighted by molar-refractivity contribution is 6.08. The van der Waals surface area contributed by atoms with Gasteiger partial charge < -0.3 is 10.2 Å². The second-order valence-corrected chi connectivity index (χ2v) is 7.00. The van der Waals surface area contributed by atoms with E-state index in [0.29, 0.717) is 25.5 Å². The molecule has 1 unspecified atom stereocenters. The van der Waals surface area contributed by atoms with E-state index in [4.69, 9.17) is 0 Å². The predicted molar refractivity (Wildman–Crippen MR) is 106 cm³/mol. The van der Waals surface area contributed by atoms with Crippen molar-refractivity contribution in [2.45, 2.75) is 12.2 Å². The fraction of sp³-hybridized carbons (Fsp3) is 0.227. The van der Waals surface area contributed by atoms with Crippen LogP contribution in [0.25, 0.3) is 0 Å². The summed E-state index contributed by atoms with van der Waals surface area (Å²) in [6.45, 7) is 1.75. The summed E-state index contributed by atoms with van der Waals surface area (Å²) in [6, 6.07) is 15.0. The van der Waals surface area contributed by atoms with Crippen LogP contribution in [0.2, 0.25) is 0 Å². The number of benzene rings is 1. The van der Waals surface area contributed by atoms with Crippen LogP contribution in [0.5, 0.6) is 0 Å². The Balaban J connectivity index is 1.68. The Hall–Kier alpha value is -3.26. The first-order valence-corrected chi connectivity index (χ1v) is 9.50. The van der Waals surface area contributed by atoms with Crippen LogP contribution in [-0.2, 0) is 6.18 Å². The number of halogens is 3. The molecular formula is C22H19F3N4O. The van der Waals surface area contributed by atoms with E-state index in [0.717, 1.165) is 11.6 Å². The first-order chi connectivity index (χ1) is 14.4. The first kappa shape index (κ1) is 20.0. The lowest BCUT2D eigenvalue weighted by Gasteiger charge is -2.35.